The van der Waals surface area contributed by atoms with Crippen molar-refractivity contribution >= 4 is 57.2 Å². The summed E-state index contributed by atoms with van der Waals surface area (Å²) in [6, 6.07) is 5.35. The van der Waals surface area contributed by atoms with E-state index < -0.39 is 0 Å². The van der Waals surface area contributed by atoms with E-state index in [1.54, 1.807) is 0 Å². The number of guanidine groups is 1. The van der Waals surface area contributed by atoms with Crippen LogP contribution < -0.4 is 5.73 Å². The van der Waals surface area contributed by atoms with Crippen LogP contribution in [0.2, 0.25) is 0 Å². The van der Waals surface area contributed by atoms with Crippen LogP contribution in [0.3, 0.4) is 0 Å². The number of thiophene rings is 1. The molecule has 0 spiro atoms. The minimum atomic E-state index is 0. The number of hydrogen-bond donors (Lipinski definition) is 1. The second-order valence-electron chi connectivity index (χ2n) is 4.88. The highest BCUT2D eigenvalue weighted by Gasteiger charge is 2.40. The lowest BCUT2D eigenvalue weighted by atomic mass is 10.3. The molecule has 0 amide bonds. The van der Waals surface area contributed by atoms with Gasteiger partial charge in [0.15, 0.2) is 5.96 Å². The summed E-state index contributed by atoms with van der Waals surface area (Å²) in [5.41, 5.74) is 6.01. The second-order valence-corrected chi connectivity index (χ2v) is 7.38. The van der Waals surface area contributed by atoms with Gasteiger partial charge in [-0.3, -0.25) is 0 Å². The first-order valence-corrected chi connectivity index (χ1v) is 7.57. The number of hydrogen-bond acceptors (Lipinski definition) is 2. The lowest BCUT2D eigenvalue weighted by molar-refractivity contribution is 0.487. The summed E-state index contributed by atoms with van der Waals surface area (Å²) in [6.07, 6.45) is 3.67. The Kier molecular flexibility index (Phi) is 4.59. The van der Waals surface area contributed by atoms with E-state index in [0.29, 0.717) is 18.0 Å². The number of nitrogens with two attached hydrogens (primary N) is 1. The molecule has 6 heteroatoms. The van der Waals surface area contributed by atoms with Gasteiger partial charge >= 0.3 is 0 Å². The van der Waals surface area contributed by atoms with Crippen molar-refractivity contribution in [3.05, 3.63) is 20.8 Å². The molecule has 0 aromatic carbocycles. The summed E-state index contributed by atoms with van der Waals surface area (Å²) in [5.74, 6) is 1.31. The molecule has 2 atom stereocenters. The lowest BCUT2D eigenvalue weighted by Crippen LogP contribution is -2.35. The van der Waals surface area contributed by atoms with Gasteiger partial charge in [-0.1, -0.05) is 0 Å². The summed E-state index contributed by atoms with van der Waals surface area (Å²) in [5, 5.41) is 0. The van der Waals surface area contributed by atoms with Crippen molar-refractivity contribution in [3.8, 4) is 0 Å². The lowest BCUT2D eigenvalue weighted by Gasteiger charge is -2.16. The number of nitrogens with zero attached hydrogens (tertiary/aromatic N) is 2. The third-order valence-electron chi connectivity index (χ3n) is 3.47. The van der Waals surface area contributed by atoms with Gasteiger partial charge in [0.2, 0.25) is 0 Å². The monoisotopic (exact) mass is 441 g/mol. The zero-order valence-corrected chi connectivity index (χ0v) is 14.9. The quantitative estimate of drug-likeness (QED) is 0.443. The maximum atomic E-state index is 6.01. The van der Waals surface area contributed by atoms with Crippen LogP contribution in [0, 0.1) is 0 Å². The Bertz CT molecular complexity index is 458. The van der Waals surface area contributed by atoms with Gasteiger partial charge in [-0.15, -0.1) is 35.3 Å². The van der Waals surface area contributed by atoms with Gasteiger partial charge in [-0.25, -0.2) is 4.99 Å². The van der Waals surface area contributed by atoms with Crippen LogP contribution in [0.5, 0.6) is 0 Å². The molecule has 0 aliphatic heterocycles. The Labute approximate surface area is 137 Å². The second kappa shape index (κ2) is 5.66. The minimum Gasteiger partial charge on any atom is -0.370 e. The SMILES string of the molecule is CN(C(N)=N[C@@H]1C[C@H]1c1ccc(Br)s1)C1CC1.I. The Morgan fingerprint density at radius 2 is 2.22 bits per heavy atom. The van der Waals surface area contributed by atoms with E-state index in [0.717, 1.165) is 12.4 Å². The van der Waals surface area contributed by atoms with Gasteiger partial charge in [0.05, 0.1) is 9.83 Å². The minimum absolute atomic E-state index is 0. The van der Waals surface area contributed by atoms with Crippen molar-refractivity contribution in [2.75, 3.05) is 7.05 Å². The van der Waals surface area contributed by atoms with E-state index in [2.05, 4.69) is 45.0 Å². The third-order valence-corrected chi connectivity index (χ3v) is 5.23. The molecule has 3 nitrogen and oxygen atoms in total. The van der Waals surface area contributed by atoms with E-state index in [4.69, 9.17) is 5.73 Å². The average Bonchev–Trinajstić information content (AvgIpc) is 3.19. The highest BCUT2D eigenvalue weighted by molar-refractivity contribution is 14.0. The number of halogens is 2. The van der Waals surface area contributed by atoms with Crippen LogP contribution in [0.15, 0.2) is 20.9 Å². The number of rotatable bonds is 3. The largest absolute Gasteiger partial charge is 0.370 e. The average molecular weight is 442 g/mol. The molecule has 0 unspecified atom stereocenters. The Morgan fingerprint density at radius 1 is 1.50 bits per heavy atom. The maximum absolute atomic E-state index is 6.01. The first kappa shape index (κ1) is 14.6. The van der Waals surface area contributed by atoms with Gasteiger partial charge in [-0.05, 0) is 47.3 Å². The molecule has 2 aliphatic rings. The van der Waals surface area contributed by atoms with E-state index in [1.807, 2.05) is 11.3 Å². The Balaban J connectivity index is 0.00000120. The van der Waals surface area contributed by atoms with E-state index >= 15 is 0 Å². The predicted octanol–water partition coefficient (Wildman–Crippen LogP) is 3.39. The van der Waals surface area contributed by atoms with Crippen LogP contribution in [-0.2, 0) is 0 Å². The molecule has 2 saturated carbocycles. The molecule has 1 aromatic rings. The molecule has 1 aromatic heterocycles. The fourth-order valence-electron chi connectivity index (χ4n) is 2.07. The van der Waals surface area contributed by atoms with E-state index in [-0.39, 0.29) is 24.0 Å². The summed E-state index contributed by atoms with van der Waals surface area (Å²) >= 11 is 5.31. The molecular weight excluding hydrogens is 425 g/mol. The van der Waals surface area contributed by atoms with Crippen molar-refractivity contribution < 1.29 is 0 Å². The molecular formula is C12H17BrIN3S. The molecule has 0 radical (unpaired) electrons. The van der Waals surface area contributed by atoms with Crippen molar-refractivity contribution in [1.82, 2.24) is 4.90 Å². The summed E-state index contributed by atoms with van der Waals surface area (Å²) in [6.45, 7) is 0. The molecule has 18 heavy (non-hydrogen) atoms. The predicted molar refractivity (Wildman–Crippen MR) is 91.0 cm³/mol. The van der Waals surface area contributed by atoms with Crippen LogP contribution in [0.1, 0.15) is 30.1 Å². The van der Waals surface area contributed by atoms with Crippen molar-refractivity contribution in [3.63, 3.8) is 0 Å². The molecule has 100 valence electrons. The summed E-state index contributed by atoms with van der Waals surface area (Å²) in [7, 11) is 2.05. The van der Waals surface area contributed by atoms with Crippen molar-refractivity contribution in [1.29, 1.82) is 0 Å². The molecule has 0 bridgehead atoms. The molecule has 2 fully saturated rings. The zero-order chi connectivity index (χ0) is 12.0. The van der Waals surface area contributed by atoms with E-state index in [1.165, 1.54) is 21.5 Å². The highest BCUT2D eigenvalue weighted by atomic mass is 127. The van der Waals surface area contributed by atoms with Crippen LogP contribution in [0.4, 0.5) is 0 Å². The van der Waals surface area contributed by atoms with Gasteiger partial charge in [0.25, 0.3) is 0 Å². The highest BCUT2D eigenvalue weighted by Crippen LogP contribution is 2.47. The van der Waals surface area contributed by atoms with Crippen LogP contribution >= 0.6 is 51.2 Å². The standard InChI is InChI=1S/C12H16BrN3S.HI/c1-16(7-2-3-7)12(14)15-9-6-8(9)10-4-5-11(13)17-10;/h4-5,7-9H,2-3,6H2,1H3,(H2,14,15);1H/t8-,9-;/m1./s1. The van der Waals surface area contributed by atoms with Gasteiger partial charge < -0.3 is 10.6 Å². The fourth-order valence-corrected chi connectivity index (χ4v) is 3.66. The van der Waals surface area contributed by atoms with Gasteiger partial charge in [0, 0.05) is 23.9 Å². The molecule has 2 aliphatic carbocycles. The normalized spacial score (nSPS) is 26.7. The van der Waals surface area contributed by atoms with Gasteiger partial charge in [0.1, 0.15) is 0 Å². The van der Waals surface area contributed by atoms with Crippen molar-refractivity contribution in [2.24, 2.45) is 10.7 Å². The summed E-state index contributed by atoms with van der Waals surface area (Å²) in [4.78, 5) is 8.18. The smallest absolute Gasteiger partial charge is 0.191 e. The molecule has 2 N–H and O–H groups in total. The summed E-state index contributed by atoms with van der Waals surface area (Å²) < 4.78 is 1.20. The Morgan fingerprint density at radius 3 is 2.78 bits per heavy atom. The van der Waals surface area contributed by atoms with Crippen LogP contribution in [0.25, 0.3) is 0 Å². The van der Waals surface area contributed by atoms with Crippen molar-refractivity contribution in [2.45, 2.75) is 37.3 Å². The first-order valence-electron chi connectivity index (χ1n) is 5.96. The third kappa shape index (κ3) is 3.19. The molecule has 0 saturated heterocycles. The topological polar surface area (TPSA) is 41.6 Å². The zero-order valence-electron chi connectivity index (χ0n) is 10.2. The van der Waals surface area contributed by atoms with Crippen LogP contribution in [-0.4, -0.2) is 30.0 Å². The molecule has 3 rings (SSSR count). The van der Waals surface area contributed by atoms with Gasteiger partial charge in [-0.2, -0.15) is 0 Å². The number of aliphatic imine (C=N–C) groups is 1. The first-order chi connectivity index (χ1) is 8.15. The fraction of sp³-hybridized carbons (Fsp3) is 0.583. The Hall–Kier alpha value is 0.180. The molecule has 1 heterocycles. The van der Waals surface area contributed by atoms with E-state index in [9.17, 15) is 0 Å². The maximum Gasteiger partial charge on any atom is 0.191 e.